The molecule has 5 heteroatoms. The predicted molar refractivity (Wildman–Crippen MR) is 62.8 cm³/mol. The van der Waals surface area contributed by atoms with Gasteiger partial charge in [-0.2, -0.15) is 0 Å². The first-order chi connectivity index (χ1) is 7.60. The van der Waals surface area contributed by atoms with Gasteiger partial charge in [0.15, 0.2) is 0 Å². The Morgan fingerprint density at radius 1 is 1.50 bits per heavy atom. The zero-order valence-corrected chi connectivity index (χ0v) is 10.0. The molecular weight excluding hydrogens is 230 g/mol. The Morgan fingerprint density at radius 3 is 2.75 bits per heavy atom. The van der Waals surface area contributed by atoms with Crippen molar-refractivity contribution >= 4 is 23.3 Å². The van der Waals surface area contributed by atoms with Crippen LogP contribution in [0.5, 0.6) is 5.75 Å². The second-order valence-corrected chi connectivity index (χ2v) is 3.53. The van der Waals surface area contributed by atoms with E-state index in [0.717, 1.165) is 0 Å². The second kappa shape index (κ2) is 5.61. The first-order valence-electron chi connectivity index (χ1n) is 4.86. The Balaban J connectivity index is 3.00. The summed E-state index contributed by atoms with van der Waals surface area (Å²) in [5.41, 5.74) is 6.70. The van der Waals surface area contributed by atoms with Crippen molar-refractivity contribution < 1.29 is 14.3 Å². The topological polar surface area (TPSA) is 61.5 Å². The number of nitrogen functional groups attached to an aromatic ring is 1. The number of hydrogen-bond acceptors (Lipinski definition) is 4. The van der Waals surface area contributed by atoms with Crippen LogP contribution in [0.4, 0.5) is 5.69 Å². The van der Waals surface area contributed by atoms with Crippen molar-refractivity contribution in [1.82, 2.24) is 0 Å². The molecule has 0 fully saturated rings. The number of carbonyl (C=O) groups excluding carboxylic acids is 1. The average Bonchev–Trinajstić information content (AvgIpc) is 2.25. The SMILES string of the molecule is CCOC(=O)Cc1c(OC)ccc(Cl)c1N. The number of hydrogen-bond donors (Lipinski definition) is 1. The fraction of sp³-hybridized carbons (Fsp3) is 0.364. The Hall–Kier alpha value is -1.42. The van der Waals surface area contributed by atoms with E-state index in [9.17, 15) is 4.79 Å². The molecule has 0 atom stereocenters. The van der Waals surface area contributed by atoms with E-state index in [1.807, 2.05) is 0 Å². The van der Waals surface area contributed by atoms with Crippen molar-refractivity contribution in [3.05, 3.63) is 22.7 Å². The van der Waals surface area contributed by atoms with Gasteiger partial charge in [0.1, 0.15) is 5.75 Å². The minimum absolute atomic E-state index is 0.0589. The standard InChI is InChI=1S/C11H14ClNO3/c1-3-16-10(14)6-7-9(15-2)5-4-8(12)11(7)13/h4-5H,3,6,13H2,1-2H3. The maximum Gasteiger partial charge on any atom is 0.310 e. The molecule has 1 aromatic carbocycles. The number of esters is 1. The van der Waals surface area contributed by atoms with Crippen LogP contribution in [-0.4, -0.2) is 19.7 Å². The van der Waals surface area contributed by atoms with Gasteiger partial charge in [0, 0.05) is 5.56 Å². The molecule has 0 heterocycles. The van der Waals surface area contributed by atoms with Crippen LogP contribution < -0.4 is 10.5 Å². The van der Waals surface area contributed by atoms with Gasteiger partial charge in [-0.15, -0.1) is 0 Å². The molecule has 0 spiro atoms. The summed E-state index contributed by atoms with van der Waals surface area (Å²) in [6, 6.07) is 3.30. The largest absolute Gasteiger partial charge is 0.496 e. The van der Waals surface area contributed by atoms with Crippen molar-refractivity contribution in [2.45, 2.75) is 13.3 Å². The Labute approximate surface area is 99.3 Å². The maximum atomic E-state index is 11.4. The van der Waals surface area contributed by atoms with Gasteiger partial charge in [-0.3, -0.25) is 4.79 Å². The molecule has 0 bridgehead atoms. The van der Waals surface area contributed by atoms with Crippen molar-refractivity contribution in [2.75, 3.05) is 19.5 Å². The zero-order valence-electron chi connectivity index (χ0n) is 9.25. The van der Waals surface area contributed by atoms with Crippen molar-refractivity contribution in [3.63, 3.8) is 0 Å². The van der Waals surface area contributed by atoms with Crippen LogP contribution in [0.2, 0.25) is 5.02 Å². The summed E-state index contributed by atoms with van der Waals surface area (Å²) < 4.78 is 9.96. The summed E-state index contributed by atoms with van der Waals surface area (Å²) in [5.74, 6) is 0.185. The number of halogens is 1. The third-order valence-electron chi connectivity index (χ3n) is 2.11. The van der Waals surface area contributed by atoms with E-state index in [1.165, 1.54) is 7.11 Å². The van der Waals surface area contributed by atoms with Crippen LogP contribution in [-0.2, 0) is 16.0 Å². The molecule has 0 radical (unpaired) electrons. The van der Waals surface area contributed by atoms with E-state index in [1.54, 1.807) is 19.1 Å². The minimum atomic E-state index is -0.352. The number of methoxy groups -OCH3 is 1. The summed E-state index contributed by atoms with van der Waals surface area (Å²) in [7, 11) is 1.51. The molecule has 88 valence electrons. The van der Waals surface area contributed by atoms with Crippen molar-refractivity contribution in [3.8, 4) is 5.75 Å². The molecule has 0 aliphatic rings. The van der Waals surface area contributed by atoms with Crippen LogP contribution in [0.3, 0.4) is 0 Å². The molecule has 0 saturated heterocycles. The van der Waals surface area contributed by atoms with Crippen molar-refractivity contribution in [1.29, 1.82) is 0 Å². The van der Waals surface area contributed by atoms with Gasteiger partial charge in [-0.1, -0.05) is 11.6 Å². The fourth-order valence-electron chi connectivity index (χ4n) is 1.35. The molecule has 0 amide bonds. The Bertz CT molecular complexity index is 393. The zero-order chi connectivity index (χ0) is 12.1. The minimum Gasteiger partial charge on any atom is -0.496 e. The summed E-state index contributed by atoms with van der Waals surface area (Å²) in [5, 5.41) is 0.403. The summed E-state index contributed by atoms with van der Waals surface area (Å²) in [6.07, 6.45) is 0.0589. The first-order valence-corrected chi connectivity index (χ1v) is 5.24. The van der Waals surface area contributed by atoms with E-state index in [-0.39, 0.29) is 12.4 Å². The molecule has 1 rings (SSSR count). The van der Waals surface area contributed by atoms with E-state index in [2.05, 4.69) is 0 Å². The highest BCUT2D eigenvalue weighted by molar-refractivity contribution is 6.33. The predicted octanol–water partition coefficient (Wildman–Crippen LogP) is 2.04. The third-order valence-corrected chi connectivity index (χ3v) is 2.44. The van der Waals surface area contributed by atoms with Crippen LogP contribution in [0, 0.1) is 0 Å². The van der Waals surface area contributed by atoms with Crippen molar-refractivity contribution in [2.24, 2.45) is 0 Å². The summed E-state index contributed by atoms with van der Waals surface area (Å²) in [6.45, 7) is 2.08. The molecule has 0 aromatic heterocycles. The van der Waals surface area contributed by atoms with Crippen LogP contribution in [0.25, 0.3) is 0 Å². The molecule has 16 heavy (non-hydrogen) atoms. The van der Waals surface area contributed by atoms with Crippen LogP contribution >= 0.6 is 11.6 Å². The van der Waals surface area contributed by atoms with Gasteiger partial charge < -0.3 is 15.2 Å². The number of rotatable bonds is 4. The smallest absolute Gasteiger partial charge is 0.310 e. The van der Waals surface area contributed by atoms with Gasteiger partial charge in [-0.25, -0.2) is 0 Å². The lowest BCUT2D eigenvalue weighted by atomic mass is 10.1. The highest BCUT2D eigenvalue weighted by atomic mass is 35.5. The van der Waals surface area contributed by atoms with Gasteiger partial charge in [0.2, 0.25) is 0 Å². The second-order valence-electron chi connectivity index (χ2n) is 3.12. The van der Waals surface area contributed by atoms with E-state index in [4.69, 9.17) is 26.8 Å². The molecule has 0 saturated carbocycles. The summed E-state index contributed by atoms with van der Waals surface area (Å²) in [4.78, 5) is 11.4. The lowest BCUT2D eigenvalue weighted by Gasteiger charge is -2.11. The lowest BCUT2D eigenvalue weighted by Crippen LogP contribution is -2.10. The fourth-order valence-corrected chi connectivity index (χ4v) is 1.52. The molecule has 0 aliphatic carbocycles. The monoisotopic (exact) mass is 243 g/mol. The molecule has 4 nitrogen and oxygen atoms in total. The Kier molecular flexibility index (Phi) is 4.43. The normalized spacial score (nSPS) is 9.94. The highest BCUT2D eigenvalue weighted by Crippen LogP contribution is 2.31. The maximum absolute atomic E-state index is 11.4. The highest BCUT2D eigenvalue weighted by Gasteiger charge is 2.14. The quantitative estimate of drug-likeness (QED) is 0.649. The van der Waals surface area contributed by atoms with E-state index < -0.39 is 0 Å². The van der Waals surface area contributed by atoms with Gasteiger partial charge in [0.25, 0.3) is 0 Å². The molecule has 2 N–H and O–H groups in total. The van der Waals surface area contributed by atoms with E-state index in [0.29, 0.717) is 28.6 Å². The Morgan fingerprint density at radius 2 is 2.19 bits per heavy atom. The molecule has 0 unspecified atom stereocenters. The lowest BCUT2D eigenvalue weighted by molar-refractivity contribution is -0.142. The van der Waals surface area contributed by atoms with Crippen LogP contribution in [0.1, 0.15) is 12.5 Å². The van der Waals surface area contributed by atoms with Gasteiger partial charge >= 0.3 is 5.97 Å². The average molecular weight is 244 g/mol. The number of anilines is 1. The molecule has 0 aliphatic heterocycles. The van der Waals surface area contributed by atoms with Crippen LogP contribution in [0.15, 0.2) is 12.1 Å². The number of ether oxygens (including phenoxy) is 2. The van der Waals surface area contributed by atoms with E-state index >= 15 is 0 Å². The third kappa shape index (κ3) is 2.79. The summed E-state index contributed by atoms with van der Waals surface area (Å²) >= 11 is 5.87. The number of nitrogens with two attached hydrogens (primary N) is 1. The number of benzene rings is 1. The molecular formula is C11H14ClNO3. The van der Waals surface area contributed by atoms with Gasteiger partial charge in [0.05, 0.1) is 30.8 Å². The van der Waals surface area contributed by atoms with Gasteiger partial charge in [-0.05, 0) is 19.1 Å². The first kappa shape index (κ1) is 12.6. The number of carbonyl (C=O) groups is 1. The molecule has 1 aromatic rings.